The van der Waals surface area contributed by atoms with Crippen LogP contribution < -0.4 is 10.6 Å². The Balaban J connectivity index is 3.19. The van der Waals surface area contributed by atoms with Gasteiger partial charge in [0.25, 0.3) is 0 Å². The molecule has 0 bridgehead atoms. The van der Waals surface area contributed by atoms with Crippen LogP contribution in [0.25, 0.3) is 0 Å². The molecule has 0 unspecified atom stereocenters. The van der Waals surface area contributed by atoms with Gasteiger partial charge in [-0.1, -0.05) is 18.2 Å². The van der Waals surface area contributed by atoms with Gasteiger partial charge in [-0.15, -0.1) is 0 Å². The maximum absolute atomic E-state index is 11.0. The van der Waals surface area contributed by atoms with Crippen molar-refractivity contribution in [1.82, 2.24) is 0 Å². The minimum atomic E-state index is -1.20. The SMILES string of the molecule is C/C(=C(/C(=N)N)C(=O)O)N(C)c1ccccc1. The molecule has 5 heteroatoms. The first kappa shape index (κ1) is 12.8. The summed E-state index contributed by atoms with van der Waals surface area (Å²) < 4.78 is 0. The molecular weight excluding hydrogens is 218 g/mol. The van der Waals surface area contributed by atoms with Crippen LogP contribution in [0.3, 0.4) is 0 Å². The molecule has 4 N–H and O–H groups in total. The summed E-state index contributed by atoms with van der Waals surface area (Å²) in [6, 6.07) is 9.28. The number of nitrogens with one attached hydrogen (secondary N) is 1. The summed E-state index contributed by atoms with van der Waals surface area (Å²) >= 11 is 0. The van der Waals surface area contributed by atoms with Gasteiger partial charge < -0.3 is 15.7 Å². The highest BCUT2D eigenvalue weighted by Gasteiger charge is 2.17. The Morgan fingerprint density at radius 2 is 1.88 bits per heavy atom. The van der Waals surface area contributed by atoms with E-state index in [4.69, 9.17) is 16.2 Å². The van der Waals surface area contributed by atoms with Crippen LogP contribution in [0.5, 0.6) is 0 Å². The van der Waals surface area contributed by atoms with Crippen LogP contribution in [-0.4, -0.2) is 24.0 Å². The highest BCUT2D eigenvalue weighted by molar-refractivity contribution is 6.17. The highest BCUT2D eigenvalue weighted by Crippen LogP contribution is 2.18. The minimum Gasteiger partial charge on any atom is -0.477 e. The zero-order valence-electron chi connectivity index (χ0n) is 9.77. The molecule has 1 aromatic rings. The number of allylic oxidation sites excluding steroid dienone is 1. The molecule has 0 aliphatic rings. The summed E-state index contributed by atoms with van der Waals surface area (Å²) in [4.78, 5) is 12.7. The van der Waals surface area contributed by atoms with Crippen molar-refractivity contribution in [3.05, 3.63) is 41.6 Å². The smallest absolute Gasteiger partial charge is 0.341 e. The third-order valence-corrected chi connectivity index (χ3v) is 2.49. The van der Waals surface area contributed by atoms with Gasteiger partial charge in [0.2, 0.25) is 0 Å². The molecule has 90 valence electrons. The van der Waals surface area contributed by atoms with Crippen molar-refractivity contribution >= 4 is 17.5 Å². The Morgan fingerprint density at radius 1 is 1.35 bits per heavy atom. The first-order valence-electron chi connectivity index (χ1n) is 5.02. The van der Waals surface area contributed by atoms with Crippen molar-refractivity contribution in [3.63, 3.8) is 0 Å². The van der Waals surface area contributed by atoms with Crippen LogP contribution in [0.4, 0.5) is 5.69 Å². The molecule has 0 atom stereocenters. The van der Waals surface area contributed by atoms with Crippen molar-refractivity contribution in [1.29, 1.82) is 5.41 Å². The van der Waals surface area contributed by atoms with E-state index in [2.05, 4.69) is 0 Å². The van der Waals surface area contributed by atoms with Crippen LogP contribution in [0.2, 0.25) is 0 Å². The molecule has 0 fully saturated rings. The lowest BCUT2D eigenvalue weighted by Gasteiger charge is -2.21. The topological polar surface area (TPSA) is 90.4 Å². The molecule has 0 radical (unpaired) electrons. The van der Waals surface area contributed by atoms with E-state index in [9.17, 15) is 4.79 Å². The number of rotatable bonds is 4. The van der Waals surface area contributed by atoms with Gasteiger partial charge in [0.05, 0.1) is 0 Å². The van der Waals surface area contributed by atoms with Crippen LogP contribution in [0.15, 0.2) is 41.6 Å². The molecule has 0 aliphatic heterocycles. The predicted molar refractivity (Wildman–Crippen MR) is 67.1 cm³/mol. The van der Waals surface area contributed by atoms with Gasteiger partial charge in [-0.25, -0.2) is 4.79 Å². The largest absolute Gasteiger partial charge is 0.477 e. The van der Waals surface area contributed by atoms with Crippen molar-refractivity contribution in [2.45, 2.75) is 6.92 Å². The maximum Gasteiger partial charge on any atom is 0.341 e. The van der Waals surface area contributed by atoms with Gasteiger partial charge in [0.15, 0.2) is 0 Å². The fourth-order valence-corrected chi connectivity index (χ4v) is 1.48. The Kier molecular flexibility index (Phi) is 3.87. The lowest BCUT2D eigenvalue weighted by Crippen LogP contribution is -2.27. The van der Waals surface area contributed by atoms with Crippen LogP contribution in [-0.2, 0) is 4.79 Å². The minimum absolute atomic E-state index is 0.184. The van der Waals surface area contributed by atoms with E-state index in [1.807, 2.05) is 30.3 Å². The number of nitrogens with zero attached hydrogens (tertiary/aromatic N) is 1. The molecule has 0 spiro atoms. The fourth-order valence-electron chi connectivity index (χ4n) is 1.48. The number of benzene rings is 1. The molecular formula is C12H15N3O2. The molecule has 1 rings (SSSR count). The zero-order chi connectivity index (χ0) is 13.0. The summed E-state index contributed by atoms with van der Waals surface area (Å²) in [6.45, 7) is 1.62. The average molecular weight is 233 g/mol. The normalized spacial score (nSPS) is 11.6. The molecule has 0 amide bonds. The van der Waals surface area contributed by atoms with E-state index in [1.165, 1.54) is 0 Å². The van der Waals surface area contributed by atoms with Crippen molar-refractivity contribution < 1.29 is 9.90 Å². The van der Waals surface area contributed by atoms with E-state index in [0.717, 1.165) is 5.69 Å². The third kappa shape index (κ3) is 2.84. The second kappa shape index (κ2) is 5.16. The Hall–Kier alpha value is -2.30. The number of carboxylic acids is 1. The second-order valence-corrected chi connectivity index (χ2v) is 3.57. The number of anilines is 1. The van der Waals surface area contributed by atoms with Gasteiger partial charge in [0, 0.05) is 18.4 Å². The van der Waals surface area contributed by atoms with Gasteiger partial charge in [0.1, 0.15) is 11.4 Å². The number of para-hydroxylation sites is 1. The summed E-state index contributed by atoms with van der Waals surface area (Å²) in [6.07, 6.45) is 0. The average Bonchev–Trinajstić information content (AvgIpc) is 2.28. The molecule has 0 saturated carbocycles. The van der Waals surface area contributed by atoms with Crippen molar-refractivity contribution in [2.75, 3.05) is 11.9 Å². The van der Waals surface area contributed by atoms with E-state index >= 15 is 0 Å². The zero-order valence-corrected chi connectivity index (χ0v) is 9.77. The molecule has 0 saturated heterocycles. The van der Waals surface area contributed by atoms with Crippen LogP contribution in [0.1, 0.15) is 6.92 Å². The van der Waals surface area contributed by atoms with Crippen LogP contribution >= 0.6 is 0 Å². The predicted octanol–water partition coefficient (Wildman–Crippen LogP) is 1.42. The van der Waals surface area contributed by atoms with Gasteiger partial charge in [-0.3, -0.25) is 5.41 Å². The number of aliphatic carboxylic acids is 1. The van der Waals surface area contributed by atoms with Gasteiger partial charge in [-0.05, 0) is 19.1 Å². The van der Waals surface area contributed by atoms with E-state index in [-0.39, 0.29) is 5.57 Å². The Morgan fingerprint density at radius 3 is 2.29 bits per heavy atom. The number of carboxylic acid groups (broad SMARTS) is 1. The Bertz CT molecular complexity index is 450. The van der Waals surface area contributed by atoms with Gasteiger partial charge in [-0.2, -0.15) is 0 Å². The van der Waals surface area contributed by atoms with Crippen molar-refractivity contribution in [2.24, 2.45) is 5.73 Å². The lowest BCUT2D eigenvalue weighted by molar-refractivity contribution is -0.132. The van der Waals surface area contributed by atoms with Crippen molar-refractivity contribution in [3.8, 4) is 0 Å². The van der Waals surface area contributed by atoms with E-state index in [0.29, 0.717) is 5.70 Å². The summed E-state index contributed by atoms with van der Waals surface area (Å²) in [5.41, 5.74) is 6.35. The number of carbonyl (C=O) groups is 1. The molecule has 1 aromatic carbocycles. The van der Waals surface area contributed by atoms with E-state index in [1.54, 1.807) is 18.9 Å². The first-order valence-corrected chi connectivity index (χ1v) is 5.02. The molecule has 0 aliphatic carbocycles. The van der Waals surface area contributed by atoms with E-state index < -0.39 is 11.8 Å². The third-order valence-electron chi connectivity index (χ3n) is 2.49. The molecule has 17 heavy (non-hydrogen) atoms. The maximum atomic E-state index is 11.0. The number of hydrogen-bond acceptors (Lipinski definition) is 3. The number of amidine groups is 1. The monoisotopic (exact) mass is 233 g/mol. The Labute approximate surface area is 99.7 Å². The molecule has 0 heterocycles. The van der Waals surface area contributed by atoms with Crippen LogP contribution in [0, 0.1) is 5.41 Å². The fraction of sp³-hybridized carbons (Fsp3) is 0.167. The van der Waals surface area contributed by atoms with Gasteiger partial charge >= 0.3 is 5.97 Å². The quantitative estimate of drug-likeness (QED) is 0.416. The first-order chi connectivity index (χ1) is 7.95. The summed E-state index contributed by atoms with van der Waals surface area (Å²) in [5.74, 6) is -1.64. The molecule has 0 aromatic heterocycles. The molecule has 5 nitrogen and oxygen atoms in total. The standard InChI is InChI=1S/C12H15N3O2/c1-8(10(11(13)14)12(16)17)15(2)9-6-4-3-5-7-9/h3-7H,1-2H3,(H3,13,14)(H,16,17)/b10-8+. The highest BCUT2D eigenvalue weighted by atomic mass is 16.4. The number of nitrogens with two attached hydrogens (primary N) is 1. The summed E-state index contributed by atoms with van der Waals surface area (Å²) in [5, 5.41) is 16.3. The lowest BCUT2D eigenvalue weighted by atomic mass is 10.1. The number of hydrogen-bond donors (Lipinski definition) is 3. The summed E-state index contributed by atoms with van der Waals surface area (Å²) in [7, 11) is 1.73. The second-order valence-electron chi connectivity index (χ2n) is 3.57.